The van der Waals surface area contributed by atoms with Gasteiger partial charge in [-0.3, -0.25) is 9.48 Å². The Hall–Kier alpha value is -2.60. The lowest BCUT2D eigenvalue weighted by atomic mass is 10.2. The number of nitrogens with zero attached hydrogens (tertiary/aromatic N) is 2. The van der Waals surface area contributed by atoms with Gasteiger partial charge in [0, 0.05) is 18.7 Å². The van der Waals surface area contributed by atoms with Crippen LogP contribution < -0.4 is 10.9 Å². The Balaban J connectivity index is 1.84. The second kappa shape index (κ2) is 5.80. The zero-order valence-electron chi connectivity index (χ0n) is 11.7. The van der Waals surface area contributed by atoms with Crippen molar-refractivity contribution in [1.82, 2.24) is 14.8 Å². The lowest BCUT2D eigenvalue weighted by Gasteiger charge is -2.05. The van der Waals surface area contributed by atoms with E-state index in [0.717, 1.165) is 11.1 Å². The van der Waals surface area contributed by atoms with Crippen molar-refractivity contribution in [3.8, 4) is 0 Å². The number of pyridine rings is 1. The van der Waals surface area contributed by atoms with Gasteiger partial charge in [-0.05, 0) is 17.5 Å². The van der Waals surface area contributed by atoms with Gasteiger partial charge in [-0.2, -0.15) is 5.10 Å². The van der Waals surface area contributed by atoms with Crippen LogP contribution in [0, 0.1) is 0 Å². The third-order valence-electron chi connectivity index (χ3n) is 3.19. The van der Waals surface area contributed by atoms with Crippen molar-refractivity contribution in [2.24, 2.45) is 0 Å². The molecule has 21 heavy (non-hydrogen) atoms. The summed E-state index contributed by atoms with van der Waals surface area (Å²) in [6.07, 6.45) is 3.58. The smallest absolute Gasteiger partial charge is 0.257 e. The van der Waals surface area contributed by atoms with Crippen LogP contribution in [0.4, 0.5) is 11.5 Å². The fraction of sp³-hybridized carbons (Fsp3) is 0.200. The van der Waals surface area contributed by atoms with Crippen LogP contribution >= 0.6 is 0 Å². The lowest BCUT2D eigenvalue weighted by molar-refractivity contribution is 0.183. The summed E-state index contributed by atoms with van der Waals surface area (Å²) in [5, 5.41) is 8.95. The molecule has 0 atom stereocenters. The van der Waals surface area contributed by atoms with Gasteiger partial charge in [0.15, 0.2) is 0 Å². The third kappa shape index (κ3) is 2.95. The molecule has 3 rings (SSSR count). The lowest BCUT2D eigenvalue weighted by Crippen LogP contribution is -2.08. The SMILES string of the molecule is COCCn1cc(Nc2cc3ccccc3c(=O)[nH]2)cn1. The van der Waals surface area contributed by atoms with Crippen LogP contribution in [-0.4, -0.2) is 28.5 Å². The summed E-state index contributed by atoms with van der Waals surface area (Å²) in [6, 6.07) is 9.39. The first kappa shape index (κ1) is 13.4. The maximum Gasteiger partial charge on any atom is 0.257 e. The summed E-state index contributed by atoms with van der Waals surface area (Å²) in [6.45, 7) is 1.29. The Kier molecular flexibility index (Phi) is 3.70. The van der Waals surface area contributed by atoms with Gasteiger partial charge in [-0.1, -0.05) is 18.2 Å². The summed E-state index contributed by atoms with van der Waals surface area (Å²) in [4.78, 5) is 14.8. The van der Waals surface area contributed by atoms with E-state index in [-0.39, 0.29) is 5.56 Å². The van der Waals surface area contributed by atoms with Gasteiger partial charge < -0.3 is 15.0 Å². The van der Waals surface area contributed by atoms with Crippen LogP contribution in [0.15, 0.2) is 47.5 Å². The number of hydrogen-bond donors (Lipinski definition) is 2. The van der Waals surface area contributed by atoms with Crippen LogP contribution in [0.2, 0.25) is 0 Å². The zero-order valence-corrected chi connectivity index (χ0v) is 11.7. The van der Waals surface area contributed by atoms with E-state index in [9.17, 15) is 4.79 Å². The zero-order chi connectivity index (χ0) is 14.7. The molecule has 0 amide bonds. The number of anilines is 2. The first-order valence-corrected chi connectivity index (χ1v) is 6.67. The van der Waals surface area contributed by atoms with E-state index in [2.05, 4.69) is 15.4 Å². The highest BCUT2D eigenvalue weighted by Crippen LogP contribution is 2.17. The molecule has 6 nitrogen and oxygen atoms in total. The maximum atomic E-state index is 12.0. The van der Waals surface area contributed by atoms with Crippen molar-refractivity contribution >= 4 is 22.3 Å². The summed E-state index contributed by atoms with van der Waals surface area (Å²) in [7, 11) is 1.66. The highest BCUT2D eigenvalue weighted by atomic mass is 16.5. The fourth-order valence-electron chi connectivity index (χ4n) is 2.17. The fourth-order valence-corrected chi connectivity index (χ4v) is 2.17. The number of ether oxygens (including phenoxy) is 1. The number of fused-ring (bicyclic) bond motifs is 1. The average Bonchev–Trinajstić information content (AvgIpc) is 2.92. The minimum atomic E-state index is -0.109. The number of methoxy groups -OCH3 is 1. The monoisotopic (exact) mass is 284 g/mol. The molecule has 0 fully saturated rings. The molecule has 2 aromatic heterocycles. The molecule has 6 heteroatoms. The van der Waals surface area contributed by atoms with Gasteiger partial charge in [-0.15, -0.1) is 0 Å². The maximum absolute atomic E-state index is 12.0. The number of nitrogens with one attached hydrogen (secondary N) is 2. The van der Waals surface area contributed by atoms with Gasteiger partial charge in [-0.25, -0.2) is 0 Å². The summed E-state index contributed by atoms with van der Waals surface area (Å²) >= 11 is 0. The van der Waals surface area contributed by atoms with Crippen LogP contribution in [0.5, 0.6) is 0 Å². The highest BCUT2D eigenvalue weighted by molar-refractivity contribution is 5.84. The number of H-pyrrole nitrogens is 1. The Bertz CT molecular complexity index is 807. The molecule has 0 radical (unpaired) electrons. The number of aromatic amines is 1. The number of hydrogen-bond acceptors (Lipinski definition) is 4. The molecule has 1 aromatic carbocycles. The van der Waals surface area contributed by atoms with Crippen molar-refractivity contribution in [3.05, 3.63) is 53.1 Å². The van der Waals surface area contributed by atoms with E-state index < -0.39 is 0 Å². The summed E-state index contributed by atoms with van der Waals surface area (Å²) in [5.74, 6) is 0.644. The van der Waals surface area contributed by atoms with E-state index in [1.54, 1.807) is 24.1 Å². The third-order valence-corrected chi connectivity index (χ3v) is 3.19. The standard InChI is InChI=1S/C15H16N4O2/c1-21-7-6-19-10-12(9-16-19)17-14-8-11-4-2-3-5-13(11)15(20)18-14/h2-5,8-10H,6-7H2,1H3,(H2,17,18,20). The Morgan fingerprint density at radius 2 is 2.24 bits per heavy atom. The number of benzene rings is 1. The first-order valence-electron chi connectivity index (χ1n) is 6.67. The van der Waals surface area contributed by atoms with E-state index in [1.807, 2.05) is 30.5 Å². The molecule has 2 heterocycles. The molecule has 2 N–H and O–H groups in total. The second-order valence-electron chi connectivity index (χ2n) is 4.71. The summed E-state index contributed by atoms with van der Waals surface area (Å²) in [5.41, 5.74) is 0.708. The van der Waals surface area contributed by atoms with Gasteiger partial charge in [0.2, 0.25) is 0 Å². The molecule has 0 saturated heterocycles. The minimum absolute atomic E-state index is 0.109. The summed E-state index contributed by atoms with van der Waals surface area (Å²) < 4.78 is 6.79. The molecular formula is C15H16N4O2. The minimum Gasteiger partial charge on any atom is -0.383 e. The molecule has 0 aliphatic carbocycles. The number of rotatable bonds is 5. The Labute approximate surface area is 121 Å². The topological polar surface area (TPSA) is 71.9 Å². The molecule has 108 valence electrons. The second-order valence-corrected chi connectivity index (χ2v) is 4.71. The van der Waals surface area contributed by atoms with E-state index >= 15 is 0 Å². The highest BCUT2D eigenvalue weighted by Gasteiger charge is 2.03. The van der Waals surface area contributed by atoms with Gasteiger partial charge in [0.25, 0.3) is 5.56 Å². The molecule has 0 unspecified atom stereocenters. The van der Waals surface area contributed by atoms with Crippen LogP contribution in [0.25, 0.3) is 10.8 Å². The van der Waals surface area contributed by atoms with Gasteiger partial charge in [0.1, 0.15) is 5.82 Å². The Morgan fingerprint density at radius 1 is 1.38 bits per heavy atom. The van der Waals surface area contributed by atoms with E-state index in [1.165, 1.54) is 0 Å². The predicted octanol–water partition coefficient (Wildman–Crippen LogP) is 2.11. The van der Waals surface area contributed by atoms with Crippen LogP contribution in [0.1, 0.15) is 0 Å². The average molecular weight is 284 g/mol. The van der Waals surface area contributed by atoms with E-state index in [4.69, 9.17) is 4.74 Å². The molecule has 0 aliphatic rings. The molecule has 0 spiro atoms. The van der Waals surface area contributed by atoms with Crippen LogP contribution in [0.3, 0.4) is 0 Å². The van der Waals surface area contributed by atoms with Gasteiger partial charge in [0.05, 0.1) is 25.0 Å². The normalized spacial score (nSPS) is 10.9. The molecule has 0 aliphatic heterocycles. The van der Waals surface area contributed by atoms with Crippen molar-refractivity contribution in [1.29, 1.82) is 0 Å². The van der Waals surface area contributed by atoms with Crippen molar-refractivity contribution in [2.45, 2.75) is 6.54 Å². The first-order chi connectivity index (χ1) is 10.3. The molecule has 0 bridgehead atoms. The molecule has 3 aromatic rings. The van der Waals surface area contributed by atoms with Gasteiger partial charge >= 0.3 is 0 Å². The van der Waals surface area contributed by atoms with Crippen molar-refractivity contribution < 1.29 is 4.74 Å². The predicted molar refractivity (Wildman–Crippen MR) is 82.0 cm³/mol. The number of aromatic nitrogens is 3. The van der Waals surface area contributed by atoms with Crippen molar-refractivity contribution in [3.63, 3.8) is 0 Å². The largest absolute Gasteiger partial charge is 0.383 e. The Morgan fingerprint density at radius 3 is 3.10 bits per heavy atom. The molecular weight excluding hydrogens is 268 g/mol. The quantitative estimate of drug-likeness (QED) is 0.752. The van der Waals surface area contributed by atoms with Crippen LogP contribution in [-0.2, 0) is 11.3 Å². The van der Waals surface area contributed by atoms with E-state index in [0.29, 0.717) is 24.4 Å². The molecule has 0 saturated carbocycles. The van der Waals surface area contributed by atoms with Crippen molar-refractivity contribution in [2.75, 3.05) is 19.0 Å².